The van der Waals surface area contributed by atoms with Crippen LogP contribution in [0.2, 0.25) is 5.02 Å². The number of aromatic hydroxyl groups is 1. The monoisotopic (exact) mass is 600 g/mol. The highest BCUT2D eigenvalue weighted by Gasteiger charge is 2.44. The van der Waals surface area contributed by atoms with Crippen LogP contribution in [0.3, 0.4) is 0 Å². The van der Waals surface area contributed by atoms with E-state index in [0.717, 1.165) is 44.3 Å². The molecule has 3 aromatic rings. The van der Waals surface area contributed by atoms with E-state index < -0.39 is 12.0 Å². The van der Waals surface area contributed by atoms with Gasteiger partial charge in [-0.1, -0.05) is 11.6 Å². The number of hydrogen-bond acceptors (Lipinski definition) is 8. The van der Waals surface area contributed by atoms with E-state index in [2.05, 4.69) is 39.0 Å². The van der Waals surface area contributed by atoms with Crippen LogP contribution in [-0.4, -0.2) is 82.5 Å². The summed E-state index contributed by atoms with van der Waals surface area (Å²) in [7, 11) is 3.41. The second-order valence-corrected chi connectivity index (χ2v) is 12.8. The van der Waals surface area contributed by atoms with Crippen LogP contribution in [-0.2, 0) is 0 Å². The molecule has 2 aromatic heterocycles. The first-order chi connectivity index (χ1) is 20.1. The zero-order valence-electron chi connectivity index (χ0n) is 24.6. The zero-order valence-corrected chi connectivity index (χ0v) is 25.4. The van der Waals surface area contributed by atoms with Crippen molar-refractivity contribution in [2.24, 2.45) is 0 Å². The molecule has 3 saturated heterocycles. The summed E-state index contributed by atoms with van der Waals surface area (Å²) in [6, 6.07) is 3.57. The van der Waals surface area contributed by atoms with Gasteiger partial charge < -0.3 is 20.1 Å². The maximum absolute atomic E-state index is 15.9. The van der Waals surface area contributed by atoms with Crippen LogP contribution in [0, 0.1) is 5.82 Å². The van der Waals surface area contributed by atoms with Crippen molar-refractivity contribution in [1.82, 2.24) is 25.2 Å². The fourth-order valence-corrected chi connectivity index (χ4v) is 7.46. The maximum Gasteiger partial charge on any atom is 0.318 e. The Hall–Kier alpha value is -2.82. The predicted octanol–water partition coefficient (Wildman–Crippen LogP) is 5.85. The van der Waals surface area contributed by atoms with Gasteiger partial charge in [0.15, 0.2) is 5.82 Å². The van der Waals surface area contributed by atoms with Crippen molar-refractivity contribution >= 4 is 28.3 Å². The van der Waals surface area contributed by atoms with Gasteiger partial charge in [-0.2, -0.15) is 9.97 Å². The summed E-state index contributed by atoms with van der Waals surface area (Å²) in [4.78, 5) is 17.6. The Morgan fingerprint density at radius 2 is 2.02 bits per heavy atom. The molecule has 2 unspecified atom stereocenters. The fraction of sp³-hybridized carbons (Fsp3) is 0.581. The highest BCUT2D eigenvalue weighted by molar-refractivity contribution is 6.32. The Kier molecular flexibility index (Phi) is 7.91. The minimum absolute atomic E-state index is 0.0286. The summed E-state index contributed by atoms with van der Waals surface area (Å²) in [6.45, 7) is 7.04. The Morgan fingerprint density at radius 3 is 2.69 bits per heavy atom. The van der Waals surface area contributed by atoms with Gasteiger partial charge in [-0.15, -0.1) is 0 Å². The first-order valence-electron chi connectivity index (χ1n) is 14.9. The molecule has 1 aliphatic carbocycles. The number of anilines is 1. The van der Waals surface area contributed by atoms with Crippen LogP contribution in [0.15, 0.2) is 18.3 Å². The normalized spacial score (nSPS) is 27.2. The van der Waals surface area contributed by atoms with Crippen molar-refractivity contribution in [2.45, 2.75) is 82.1 Å². The van der Waals surface area contributed by atoms with Gasteiger partial charge in [0.2, 0.25) is 0 Å². The first kappa shape index (κ1) is 29.3. The van der Waals surface area contributed by atoms with Crippen LogP contribution >= 0.6 is 11.6 Å². The molecule has 4 fully saturated rings. The van der Waals surface area contributed by atoms with Crippen molar-refractivity contribution < 1.29 is 18.6 Å². The SMILES string of the molecule is CC12CCCN1CC(F)C2.COc1nc(N(C)[C@@H]2CCN[C@@H]2C)c2cnc(-c3cc(O)cc(Cl)c3C3CC3)c(F)c2n1. The van der Waals surface area contributed by atoms with Crippen LogP contribution < -0.4 is 15.0 Å². The molecule has 3 aliphatic heterocycles. The van der Waals surface area contributed by atoms with Crippen molar-refractivity contribution in [3.63, 3.8) is 0 Å². The topological polar surface area (TPSA) is 86.6 Å². The number of rotatable bonds is 5. The molecule has 7 rings (SSSR count). The highest BCUT2D eigenvalue weighted by Crippen LogP contribution is 2.49. The number of benzene rings is 1. The molecule has 4 atom stereocenters. The molecule has 1 aromatic carbocycles. The Balaban J connectivity index is 0.000000265. The number of alkyl halides is 1. The summed E-state index contributed by atoms with van der Waals surface area (Å²) in [6.07, 6.45) is 7.19. The lowest BCUT2D eigenvalue weighted by Gasteiger charge is -2.29. The van der Waals surface area contributed by atoms with E-state index in [1.54, 1.807) is 6.20 Å². The number of likely N-dealkylation sites (N-methyl/N-ethyl adjacent to an activating group) is 1. The number of nitrogens with one attached hydrogen (secondary N) is 1. The molecule has 8 nitrogen and oxygen atoms in total. The number of phenols is 1. The zero-order chi connectivity index (χ0) is 29.8. The molecular formula is C31H39ClF2N6O2. The van der Waals surface area contributed by atoms with Crippen molar-refractivity contribution in [1.29, 1.82) is 0 Å². The van der Waals surface area contributed by atoms with Crippen LogP contribution in [0.5, 0.6) is 11.8 Å². The van der Waals surface area contributed by atoms with Gasteiger partial charge in [0.1, 0.15) is 28.9 Å². The van der Waals surface area contributed by atoms with Gasteiger partial charge in [-0.05, 0) is 89.1 Å². The van der Waals surface area contributed by atoms with E-state index in [4.69, 9.17) is 16.3 Å². The molecule has 2 N–H and O–H groups in total. The Bertz CT molecular complexity index is 1490. The molecule has 0 amide bonds. The molecular weight excluding hydrogens is 562 g/mol. The summed E-state index contributed by atoms with van der Waals surface area (Å²) in [5, 5.41) is 14.5. The van der Waals surface area contributed by atoms with E-state index in [-0.39, 0.29) is 46.5 Å². The number of halogens is 3. The van der Waals surface area contributed by atoms with Gasteiger partial charge in [-0.3, -0.25) is 9.88 Å². The molecule has 42 heavy (non-hydrogen) atoms. The average molecular weight is 601 g/mol. The highest BCUT2D eigenvalue weighted by atomic mass is 35.5. The van der Waals surface area contributed by atoms with Crippen molar-refractivity contribution in [3.05, 3.63) is 34.7 Å². The van der Waals surface area contributed by atoms with E-state index in [9.17, 15) is 9.50 Å². The standard InChI is InChI=1S/C23H25ClFN5O2.C8H14FN/c1-11-17(6-7-26-11)30(2)22-15-10-27-20(19(25)21(15)28-23(29-22)32-3)14-8-13(31)9-16(24)18(14)12-4-5-12;1-8-3-2-4-10(8)6-7(9)5-8/h8-12,17,26,31H,4-7H2,1-3H3;7H,2-6H2,1H3/t11-,17-;/m1./s1. The smallest absolute Gasteiger partial charge is 0.318 e. The summed E-state index contributed by atoms with van der Waals surface area (Å²) >= 11 is 6.42. The molecule has 5 heterocycles. The fourth-order valence-electron chi connectivity index (χ4n) is 7.09. The maximum atomic E-state index is 15.9. The van der Waals surface area contributed by atoms with Crippen molar-refractivity contribution in [2.75, 3.05) is 38.7 Å². The molecule has 4 aliphatic rings. The van der Waals surface area contributed by atoms with Gasteiger partial charge in [-0.25, -0.2) is 8.78 Å². The van der Waals surface area contributed by atoms with Crippen LogP contribution in [0.4, 0.5) is 14.6 Å². The van der Waals surface area contributed by atoms with E-state index in [1.165, 1.54) is 32.1 Å². The number of methoxy groups -OCH3 is 1. The van der Waals surface area contributed by atoms with Crippen molar-refractivity contribution in [3.8, 4) is 23.0 Å². The molecule has 11 heteroatoms. The van der Waals surface area contributed by atoms with Gasteiger partial charge >= 0.3 is 6.01 Å². The molecule has 0 radical (unpaired) electrons. The van der Waals surface area contributed by atoms with E-state index >= 15 is 4.39 Å². The minimum Gasteiger partial charge on any atom is -0.508 e. The second kappa shape index (κ2) is 11.4. The number of hydrogen-bond donors (Lipinski definition) is 2. The van der Waals surface area contributed by atoms with E-state index in [1.807, 2.05) is 11.9 Å². The first-order valence-corrected chi connectivity index (χ1v) is 15.3. The van der Waals surface area contributed by atoms with Gasteiger partial charge in [0, 0.05) is 48.0 Å². The number of pyridine rings is 1. The lowest BCUT2D eigenvalue weighted by Crippen LogP contribution is -2.40. The summed E-state index contributed by atoms with van der Waals surface area (Å²) in [5.74, 6) is 0.202. The third-order valence-corrected chi connectivity index (χ3v) is 9.80. The lowest BCUT2D eigenvalue weighted by molar-refractivity contribution is 0.217. The predicted molar refractivity (Wildman–Crippen MR) is 161 cm³/mol. The quantitative estimate of drug-likeness (QED) is 0.377. The molecule has 226 valence electrons. The molecule has 0 bridgehead atoms. The summed E-state index contributed by atoms with van der Waals surface area (Å²) < 4.78 is 34.1. The third kappa shape index (κ3) is 5.37. The summed E-state index contributed by atoms with van der Waals surface area (Å²) in [5.41, 5.74) is 1.79. The van der Waals surface area contributed by atoms with Gasteiger partial charge in [0.05, 0.1) is 12.5 Å². The number of phenolic OH excluding ortho intramolecular Hbond substituents is 1. The Morgan fingerprint density at radius 1 is 1.24 bits per heavy atom. The number of fused-ring (bicyclic) bond motifs is 2. The Labute approximate surface area is 250 Å². The van der Waals surface area contributed by atoms with E-state index in [0.29, 0.717) is 28.3 Å². The average Bonchev–Trinajstić information content (AvgIpc) is 3.49. The minimum atomic E-state index is -0.584. The number of ether oxygens (including phenoxy) is 1. The van der Waals surface area contributed by atoms with Crippen LogP contribution in [0.1, 0.15) is 63.9 Å². The third-order valence-electron chi connectivity index (χ3n) is 9.48. The molecule has 0 spiro atoms. The van der Waals surface area contributed by atoms with Crippen LogP contribution in [0.25, 0.3) is 22.2 Å². The number of aromatic nitrogens is 3. The number of nitrogens with zero attached hydrogens (tertiary/aromatic N) is 5. The second-order valence-electron chi connectivity index (χ2n) is 12.4. The molecule has 1 saturated carbocycles. The lowest BCUT2D eigenvalue weighted by atomic mass is 9.97. The largest absolute Gasteiger partial charge is 0.508 e. The van der Waals surface area contributed by atoms with Gasteiger partial charge in [0.25, 0.3) is 0 Å².